The van der Waals surface area contributed by atoms with Crippen molar-refractivity contribution in [1.29, 1.82) is 0 Å². The largest absolute Gasteiger partial charge is 0.325 e. The normalized spacial score (nSPS) is 15.7. The molecule has 0 spiro atoms. The van der Waals surface area contributed by atoms with E-state index in [4.69, 9.17) is 0 Å². The Morgan fingerprint density at radius 1 is 1.05 bits per heavy atom. The van der Waals surface area contributed by atoms with Crippen LogP contribution in [0.3, 0.4) is 0 Å². The number of rotatable bonds is 4. The van der Waals surface area contributed by atoms with Gasteiger partial charge in [-0.2, -0.15) is 0 Å². The van der Waals surface area contributed by atoms with Crippen molar-refractivity contribution in [3.8, 4) is 0 Å². The van der Waals surface area contributed by atoms with Gasteiger partial charge in [0.25, 0.3) is 0 Å². The van der Waals surface area contributed by atoms with E-state index in [9.17, 15) is 4.79 Å². The Kier molecular flexibility index (Phi) is 3.62. The molecule has 1 saturated carbocycles. The lowest BCUT2D eigenvalue weighted by Crippen LogP contribution is -2.27. The van der Waals surface area contributed by atoms with Crippen molar-refractivity contribution in [3.63, 3.8) is 0 Å². The molecule has 1 N–H and O–H groups in total. The van der Waals surface area contributed by atoms with Gasteiger partial charge in [-0.15, -0.1) is 0 Å². The molecule has 0 unspecified atom stereocenters. The number of carbonyl (C=O) groups excluding carboxylic acids is 1. The van der Waals surface area contributed by atoms with Gasteiger partial charge >= 0.3 is 0 Å². The second-order valence-electron chi connectivity index (χ2n) is 5.23. The average Bonchev–Trinajstić information content (AvgIpc) is 3.31. The van der Waals surface area contributed by atoms with Gasteiger partial charge in [-0.3, -0.25) is 4.79 Å². The van der Waals surface area contributed by atoms with Gasteiger partial charge in [-0.1, -0.05) is 58.4 Å². The fourth-order valence-electron chi connectivity index (χ4n) is 2.46. The lowest BCUT2D eigenvalue weighted by Gasteiger charge is -2.15. The van der Waals surface area contributed by atoms with Gasteiger partial charge in [-0.05, 0) is 36.1 Å². The zero-order valence-corrected chi connectivity index (χ0v) is 12.7. The second kappa shape index (κ2) is 5.41. The fourth-order valence-corrected chi connectivity index (χ4v) is 2.83. The summed E-state index contributed by atoms with van der Waals surface area (Å²) in [5, 5.41) is 3.87. The highest BCUT2D eigenvalue weighted by Gasteiger charge is 2.51. The molecule has 0 aliphatic heterocycles. The highest BCUT2D eigenvalue weighted by atomic mass is 79.9. The first-order chi connectivity index (χ1) is 9.74. The number of alkyl halides is 1. The van der Waals surface area contributed by atoms with E-state index in [-0.39, 0.29) is 11.3 Å². The topological polar surface area (TPSA) is 29.1 Å². The van der Waals surface area contributed by atoms with Gasteiger partial charge in [-0.25, -0.2) is 0 Å². The SMILES string of the molecule is O=C(Nc1ccc(CBr)cc1)C1(c2ccccc2)CC1. The number of halogens is 1. The lowest BCUT2D eigenvalue weighted by atomic mass is 9.95. The number of amides is 1. The third kappa shape index (κ3) is 2.50. The summed E-state index contributed by atoms with van der Waals surface area (Å²) in [5.41, 5.74) is 2.87. The van der Waals surface area contributed by atoms with Crippen molar-refractivity contribution in [3.05, 3.63) is 65.7 Å². The van der Waals surface area contributed by atoms with Crippen LogP contribution in [0.4, 0.5) is 5.69 Å². The van der Waals surface area contributed by atoms with Crippen LogP contribution >= 0.6 is 15.9 Å². The van der Waals surface area contributed by atoms with Gasteiger partial charge in [0, 0.05) is 11.0 Å². The van der Waals surface area contributed by atoms with Crippen LogP contribution in [0.1, 0.15) is 24.0 Å². The van der Waals surface area contributed by atoms with Gasteiger partial charge in [0.05, 0.1) is 5.41 Å². The molecule has 2 aromatic carbocycles. The molecule has 0 aromatic heterocycles. The summed E-state index contributed by atoms with van der Waals surface area (Å²) in [6.45, 7) is 0. The number of nitrogens with one attached hydrogen (secondary N) is 1. The average molecular weight is 330 g/mol. The summed E-state index contributed by atoms with van der Waals surface area (Å²) < 4.78 is 0. The van der Waals surface area contributed by atoms with Gasteiger partial charge < -0.3 is 5.32 Å². The van der Waals surface area contributed by atoms with Gasteiger partial charge in [0.1, 0.15) is 0 Å². The standard InChI is InChI=1S/C17H16BrNO/c18-12-13-6-8-15(9-7-13)19-16(20)17(10-11-17)14-4-2-1-3-5-14/h1-9H,10-12H2,(H,19,20). The minimum absolute atomic E-state index is 0.107. The summed E-state index contributed by atoms with van der Waals surface area (Å²) >= 11 is 3.42. The molecule has 1 aliphatic carbocycles. The maximum absolute atomic E-state index is 12.5. The Balaban J connectivity index is 1.76. The van der Waals surface area contributed by atoms with E-state index >= 15 is 0 Å². The van der Waals surface area contributed by atoms with Crippen molar-refractivity contribution in [2.45, 2.75) is 23.6 Å². The van der Waals surface area contributed by atoms with Crippen molar-refractivity contribution < 1.29 is 4.79 Å². The van der Waals surface area contributed by atoms with Gasteiger partial charge in [0.15, 0.2) is 0 Å². The molecular formula is C17H16BrNO. The molecule has 3 rings (SSSR count). The third-order valence-electron chi connectivity index (χ3n) is 3.88. The molecule has 0 saturated heterocycles. The van der Waals surface area contributed by atoms with Crippen LogP contribution in [0.15, 0.2) is 54.6 Å². The Hall–Kier alpha value is -1.61. The van der Waals surface area contributed by atoms with Crippen molar-refractivity contribution in [2.24, 2.45) is 0 Å². The second-order valence-corrected chi connectivity index (χ2v) is 5.79. The van der Waals surface area contributed by atoms with Crippen molar-refractivity contribution in [1.82, 2.24) is 0 Å². The quantitative estimate of drug-likeness (QED) is 0.834. The van der Waals surface area contributed by atoms with E-state index in [1.54, 1.807) is 0 Å². The molecule has 102 valence electrons. The Morgan fingerprint density at radius 3 is 2.25 bits per heavy atom. The Labute approximate surface area is 127 Å². The molecule has 2 aromatic rings. The third-order valence-corrected chi connectivity index (χ3v) is 4.52. The van der Waals surface area contributed by atoms with E-state index in [0.29, 0.717) is 0 Å². The maximum atomic E-state index is 12.5. The van der Waals surface area contributed by atoms with Crippen molar-refractivity contribution >= 4 is 27.5 Å². The molecule has 0 heterocycles. The Bertz CT molecular complexity index is 603. The first-order valence-electron chi connectivity index (χ1n) is 6.76. The summed E-state index contributed by atoms with van der Waals surface area (Å²) in [5.74, 6) is 0.107. The van der Waals surface area contributed by atoms with E-state index < -0.39 is 0 Å². The number of benzene rings is 2. The molecule has 3 heteroatoms. The molecule has 20 heavy (non-hydrogen) atoms. The molecule has 1 aliphatic rings. The summed E-state index contributed by atoms with van der Waals surface area (Å²) in [7, 11) is 0. The molecule has 1 amide bonds. The highest BCUT2D eigenvalue weighted by Crippen LogP contribution is 2.48. The van der Waals surface area contributed by atoms with E-state index in [0.717, 1.165) is 29.4 Å². The van der Waals surface area contributed by atoms with Crippen LogP contribution in [0, 0.1) is 0 Å². The molecule has 1 fully saturated rings. The number of carbonyl (C=O) groups is 1. The van der Waals surface area contributed by atoms with Crippen LogP contribution in [-0.2, 0) is 15.5 Å². The highest BCUT2D eigenvalue weighted by molar-refractivity contribution is 9.08. The van der Waals surface area contributed by atoms with E-state index in [1.165, 1.54) is 5.56 Å². The fraction of sp³-hybridized carbons (Fsp3) is 0.235. The molecular weight excluding hydrogens is 314 g/mol. The van der Waals surface area contributed by atoms with E-state index in [2.05, 4.69) is 21.2 Å². The number of hydrogen-bond donors (Lipinski definition) is 1. The number of hydrogen-bond acceptors (Lipinski definition) is 1. The minimum atomic E-state index is -0.310. The summed E-state index contributed by atoms with van der Waals surface area (Å²) in [4.78, 5) is 12.5. The molecule has 0 bridgehead atoms. The first kappa shape index (κ1) is 13.4. The molecule has 0 atom stereocenters. The first-order valence-corrected chi connectivity index (χ1v) is 7.89. The Morgan fingerprint density at radius 2 is 1.70 bits per heavy atom. The molecule has 2 nitrogen and oxygen atoms in total. The summed E-state index contributed by atoms with van der Waals surface area (Å²) in [6, 6.07) is 18.0. The number of anilines is 1. The smallest absolute Gasteiger partial charge is 0.235 e. The minimum Gasteiger partial charge on any atom is -0.325 e. The van der Waals surface area contributed by atoms with Crippen LogP contribution in [0.5, 0.6) is 0 Å². The van der Waals surface area contributed by atoms with E-state index in [1.807, 2.05) is 54.6 Å². The van der Waals surface area contributed by atoms with Crippen LogP contribution in [0.25, 0.3) is 0 Å². The van der Waals surface area contributed by atoms with Crippen molar-refractivity contribution in [2.75, 3.05) is 5.32 Å². The monoisotopic (exact) mass is 329 g/mol. The zero-order valence-electron chi connectivity index (χ0n) is 11.1. The summed E-state index contributed by atoms with van der Waals surface area (Å²) in [6.07, 6.45) is 1.87. The lowest BCUT2D eigenvalue weighted by molar-refractivity contribution is -0.118. The van der Waals surface area contributed by atoms with Gasteiger partial charge in [0.2, 0.25) is 5.91 Å². The van der Waals surface area contributed by atoms with Crippen LogP contribution in [-0.4, -0.2) is 5.91 Å². The van der Waals surface area contributed by atoms with Crippen LogP contribution in [0.2, 0.25) is 0 Å². The van der Waals surface area contributed by atoms with Crippen LogP contribution < -0.4 is 5.32 Å². The maximum Gasteiger partial charge on any atom is 0.235 e. The molecule has 0 radical (unpaired) electrons. The predicted molar refractivity (Wildman–Crippen MR) is 85.1 cm³/mol. The zero-order chi connectivity index (χ0) is 14.0. The predicted octanol–water partition coefficient (Wildman–Crippen LogP) is 4.25.